The summed E-state index contributed by atoms with van der Waals surface area (Å²) in [5.41, 5.74) is 4.31. The second-order valence-corrected chi connectivity index (χ2v) is 7.94. The molecular formula is C26H30INO3. The normalized spacial score (nSPS) is 12.7. The number of hydrogen-bond donors (Lipinski definition) is 0. The van der Waals surface area contributed by atoms with Crippen molar-refractivity contribution in [1.82, 2.24) is 0 Å². The highest BCUT2D eigenvalue weighted by Crippen LogP contribution is 2.31. The minimum absolute atomic E-state index is 0. The van der Waals surface area contributed by atoms with E-state index in [1.54, 1.807) is 0 Å². The largest absolute Gasteiger partial charge is 1.00 e. The Morgan fingerprint density at radius 1 is 0.871 bits per heavy atom. The molecule has 2 atom stereocenters. The molecule has 0 aliphatic carbocycles. The first kappa shape index (κ1) is 25.0. The van der Waals surface area contributed by atoms with Crippen LogP contribution in [0.5, 0.6) is 0 Å². The molecule has 1 aromatic heterocycles. The van der Waals surface area contributed by atoms with Gasteiger partial charge in [0.1, 0.15) is 13.2 Å². The molecule has 0 aliphatic heterocycles. The zero-order chi connectivity index (χ0) is 21.5. The molecule has 3 aromatic rings. The van der Waals surface area contributed by atoms with Crippen LogP contribution in [0.2, 0.25) is 0 Å². The van der Waals surface area contributed by atoms with Crippen LogP contribution in [-0.2, 0) is 21.3 Å². The van der Waals surface area contributed by atoms with Crippen LogP contribution in [0, 0.1) is 5.92 Å². The smallest absolute Gasteiger partial charge is 0.335 e. The number of aryl methyl sites for hydroxylation is 1. The zero-order valence-electron chi connectivity index (χ0n) is 18.5. The van der Waals surface area contributed by atoms with Crippen molar-refractivity contribution in [2.24, 2.45) is 13.0 Å². The van der Waals surface area contributed by atoms with Gasteiger partial charge in [0, 0.05) is 12.1 Å². The van der Waals surface area contributed by atoms with Crippen LogP contribution in [-0.4, -0.2) is 19.2 Å². The van der Waals surface area contributed by atoms with E-state index < -0.39 is 6.10 Å². The molecule has 31 heavy (non-hydrogen) atoms. The molecule has 0 fully saturated rings. The van der Waals surface area contributed by atoms with Gasteiger partial charge in [0.25, 0.3) is 0 Å². The topological polar surface area (TPSA) is 39.4 Å². The van der Waals surface area contributed by atoms with Gasteiger partial charge in [0.05, 0.1) is 7.11 Å². The molecule has 5 heteroatoms. The third-order valence-corrected chi connectivity index (χ3v) is 5.08. The maximum atomic E-state index is 12.4. The summed E-state index contributed by atoms with van der Waals surface area (Å²) in [4.78, 5) is 12.4. The minimum Gasteiger partial charge on any atom is -1.00 e. The fourth-order valence-corrected chi connectivity index (χ4v) is 3.45. The van der Waals surface area contributed by atoms with E-state index in [-0.39, 0.29) is 36.0 Å². The molecule has 1 heterocycles. The Labute approximate surface area is 202 Å². The molecule has 0 saturated heterocycles. The first-order chi connectivity index (χ1) is 14.5. The van der Waals surface area contributed by atoms with E-state index in [1.807, 2.05) is 54.3 Å². The van der Waals surface area contributed by atoms with Gasteiger partial charge in [-0.25, -0.2) is 9.36 Å². The molecule has 0 unspecified atom stereocenters. The number of halogens is 1. The summed E-state index contributed by atoms with van der Waals surface area (Å²) in [5, 5.41) is 0. The van der Waals surface area contributed by atoms with E-state index in [9.17, 15) is 4.79 Å². The predicted molar refractivity (Wildman–Crippen MR) is 118 cm³/mol. The quantitative estimate of drug-likeness (QED) is 0.253. The molecular weight excluding hydrogens is 501 g/mol. The van der Waals surface area contributed by atoms with Crippen molar-refractivity contribution in [2.75, 3.05) is 7.11 Å². The predicted octanol–water partition coefficient (Wildman–Crippen LogP) is 1.88. The van der Waals surface area contributed by atoms with Gasteiger partial charge in [-0.05, 0) is 34.6 Å². The van der Waals surface area contributed by atoms with Crippen molar-refractivity contribution >= 4 is 5.97 Å². The van der Waals surface area contributed by atoms with E-state index in [0.29, 0.717) is 12.3 Å². The molecule has 0 N–H and O–H groups in total. The third-order valence-electron chi connectivity index (χ3n) is 5.08. The molecule has 4 nitrogen and oxygen atoms in total. The first-order valence-corrected chi connectivity index (χ1v) is 10.3. The Balaban J connectivity index is 0.00000341. The van der Waals surface area contributed by atoms with Crippen LogP contribution in [0.3, 0.4) is 0 Å². The summed E-state index contributed by atoms with van der Waals surface area (Å²) in [6.07, 6.45) is 3.71. The number of hydrogen-bond acceptors (Lipinski definition) is 3. The maximum Gasteiger partial charge on any atom is 0.335 e. The lowest BCUT2D eigenvalue weighted by Gasteiger charge is -2.25. The average molecular weight is 531 g/mol. The zero-order valence-corrected chi connectivity index (χ0v) is 20.7. The van der Waals surface area contributed by atoms with Crippen LogP contribution in [0.25, 0.3) is 11.1 Å². The van der Waals surface area contributed by atoms with E-state index in [2.05, 4.69) is 50.2 Å². The lowest BCUT2D eigenvalue weighted by molar-refractivity contribution is -0.671. The lowest BCUT2D eigenvalue weighted by Crippen LogP contribution is -3.00. The molecule has 3 rings (SSSR count). The van der Waals surface area contributed by atoms with Gasteiger partial charge in [-0.1, -0.05) is 68.4 Å². The summed E-state index contributed by atoms with van der Waals surface area (Å²) in [6.45, 7) is 4.15. The van der Waals surface area contributed by atoms with E-state index >= 15 is 0 Å². The highest BCUT2D eigenvalue weighted by Gasteiger charge is 2.27. The number of carbonyl (C=O) groups excluding carboxylic acids is 1. The van der Waals surface area contributed by atoms with Gasteiger partial charge < -0.3 is 33.5 Å². The van der Waals surface area contributed by atoms with Crippen LogP contribution in [0.1, 0.15) is 37.5 Å². The summed E-state index contributed by atoms with van der Waals surface area (Å²) < 4.78 is 13.4. The number of pyridine rings is 1. The number of methoxy groups -OCH3 is 1. The van der Waals surface area contributed by atoms with Gasteiger partial charge in [0.2, 0.25) is 0 Å². The molecule has 0 spiro atoms. The van der Waals surface area contributed by atoms with Gasteiger partial charge >= 0.3 is 5.97 Å². The molecule has 0 saturated carbocycles. The molecule has 0 aliphatic rings. The number of carbonyl (C=O) groups is 1. The highest BCUT2D eigenvalue weighted by atomic mass is 127. The fourth-order valence-electron chi connectivity index (χ4n) is 3.45. The van der Waals surface area contributed by atoms with Crippen molar-refractivity contribution in [3.8, 4) is 11.1 Å². The summed E-state index contributed by atoms with van der Waals surface area (Å²) >= 11 is 0. The van der Waals surface area contributed by atoms with Crippen molar-refractivity contribution in [2.45, 2.75) is 32.5 Å². The monoisotopic (exact) mass is 531 g/mol. The van der Waals surface area contributed by atoms with E-state index in [0.717, 1.165) is 22.3 Å². The summed E-state index contributed by atoms with van der Waals surface area (Å²) in [6, 6.07) is 22.5. The highest BCUT2D eigenvalue weighted by molar-refractivity contribution is 5.74. The van der Waals surface area contributed by atoms with Crippen molar-refractivity contribution in [1.29, 1.82) is 0 Å². The van der Waals surface area contributed by atoms with Crippen molar-refractivity contribution in [3.05, 3.63) is 90.3 Å². The SMILES string of the molecule is COC(=O)[C@H](CC(C)C)O[C@H](c1ccccc1)c1ccc(-c2cc[n+](C)cc2)cc1.[I-]. The molecule has 0 amide bonds. The van der Waals surface area contributed by atoms with Crippen LogP contribution in [0.4, 0.5) is 0 Å². The van der Waals surface area contributed by atoms with Crippen molar-refractivity contribution in [3.63, 3.8) is 0 Å². The van der Waals surface area contributed by atoms with Gasteiger partial charge in [-0.2, -0.15) is 0 Å². The number of aromatic nitrogens is 1. The fraction of sp³-hybridized carbons (Fsp3) is 0.308. The second kappa shape index (κ2) is 12.0. The Hall–Kier alpha value is -2.25. The molecule has 0 radical (unpaired) electrons. The number of ether oxygens (including phenoxy) is 2. The van der Waals surface area contributed by atoms with Gasteiger partial charge in [-0.3, -0.25) is 0 Å². The van der Waals surface area contributed by atoms with Gasteiger partial charge in [0.15, 0.2) is 18.5 Å². The maximum absolute atomic E-state index is 12.4. The molecule has 0 bridgehead atoms. The number of esters is 1. The average Bonchev–Trinajstić information content (AvgIpc) is 2.77. The Kier molecular flexibility index (Phi) is 9.65. The van der Waals surface area contributed by atoms with Crippen LogP contribution >= 0.6 is 0 Å². The summed E-state index contributed by atoms with van der Waals surface area (Å²) in [5.74, 6) is -0.0225. The lowest BCUT2D eigenvalue weighted by atomic mass is 9.97. The number of rotatable bonds is 8. The number of nitrogens with zero attached hydrogens (tertiary/aromatic N) is 1. The molecule has 2 aromatic carbocycles. The van der Waals surface area contributed by atoms with E-state index in [4.69, 9.17) is 9.47 Å². The van der Waals surface area contributed by atoms with E-state index in [1.165, 1.54) is 7.11 Å². The minimum atomic E-state index is -0.617. The van der Waals surface area contributed by atoms with Crippen LogP contribution in [0.15, 0.2) is 79.1 Å². The third kappa shape index (κ3) is 6.87. The molecule has 164 valence electrons. The Morgan fingerprint density at radius 3 is 1.97 bits per heavy atom. The Bertz CT molecular complexity index is 941. The Morgan fingerprint density at radius 2 is 1.42 bits per heavy atom. The second-order valence-electron chi connectivity index (χ2n) is 7.94. The standard InChI is InChI=1S/C26H30NO3.HI/c1-19(2)18-24(26(28)29-4)30-25(22-8-6-5-7-9-22)23-12-10-20(11-13-23)21-14-16-27(3)17-15-21;/h5-17,19,24-25H,18H2,1-4H3;1H/q+1;/p-1/t24-,25+;/m0./s1. The first-order valence-electron chi connectivity index (χ1n) is 10.3. The van der Waals surface area contributed by atoms with Crippen molar-refractivity contribution < 1.29 is 42.8 Å². The van der Waals surface area contributed by atoms with Gasteiger partial charge in [-0.15, -0.1) is 0 Å². The summed E-state index contributed by atoms with van der Waals surface area (Å²) in [7, 11) is 3.41. The van der Waals surface area contributed by atoms with Crippen LogP contribution < -0.4 is 28.5 Å². The number of benzene rings is 2.